The number of hydrogen-bond donors (Lipinski definition) is 1. The molecule has 0 fully saturated rings. The van der Waals surface area contributed by atoms with Gasteiger partial charge in [-0.15, -0.1) is 23.7 Å². The van der Waals surface area contributed by atoms with Gasteiger partial charge in [0.25, 0.3) is 0 Å². The quantitative estimate of drug-likeness (QED) is 0.725. The molecule has 0 amide bonds. The highest BCUT2D eigenvalue weighted by Gasteiger charge is 2.03. The minimum absolute atomic E-state index is 0.423. The second-order valence-electron chi connectivity index (χ2n) is 2.87. The monoisotopic (exact) mass is 194 g/mol. The van der Waals surface area contributed by atoms with Gasteiger partial charge in [-0.05, 0) is 6.42 Å². The third kappa shape index (κ3) is 3.58. The zero-order valence-electron chi connectivity index (χ0n) is 7.79. The van der Waals surface area contributed by atoms with Crippen molar-refractivity contribution in [3.63, 3.8) is 0 Å². The fourth-order valence-corrected chi connectivity index (χ4v) is 1.64. The van der Waals surface area contributed by atoms with Gasteiger partial charge in [-0.25, -0.2) is 4.98 Å². The van der Waals surface area contributed by atoms with Gasteiger partial charge in [0.15, 0.2) is 0 Å². The maximum absolute atomic E-state index is 5.25. The van der Waals surface area contributed by atoms with Crippen LogP contribution in [0, 0.1) is 12.3 Å². The van der Waals surface area contributed by atoms with Gasteiger partial charge in [-0.1, -0.05) is 6.92 Å². The van der Waals surface area contributed by atoms with Crippen LogP contribution in [-0.2, 0) is 6.54 Å². The molecule has 0 saturated carbocycles. The van der Waals surface area contributed by atoms with E-state index < -0.39 is 0 Å². The smallest absolute Gasteiger partial charge is 0.0795 e. The molecule has 1 aromatic rings. The topological polar surface area (TPSA) is 24.9 Å². The largest absolute Gasteiger partial charge is 0.307 e. The lowest BCUT2D eigenvalue weighted by atomic mass is 10.1. The van der Waals surface area contributed by atoms with Gasteiger partial charge in [0.05, 0.1) is 11.2 Å². The van der Waals surface area contributed by atoms with Crippen molar-refractivity contribution in [3.8, 4) is 12.3 Å². The van der Waals surface area contributed by atoms with Crippen LogP contribution in [0.25, 0.3) is 0 Å². The lowest BCUT2D eigenvalue weighted by Crippen LogP contribution is -2.27. The Balaban J connectivity index is 2.28. The van der Waals surface area contributed by atoms with Gasteiger partial charge in [-0.2, -0.15) is 0 Å². The van der Waals surface area contributed by atoms with E-state index in [-0.39, 0.29) is 0 Å². The molecule has 13 heavy (non-hydrogen) atoms. The number of aromatic nitrogens is 1. The second-order valence-corrected chi connectivity index (χ2v) is 3.59. The van der Waals surface area contributed by atoms with E-state index in [4.69, 9.17) is 6.42 Å². The number of rotatable bonds is 5. The lowest BCUT2D eigenvalue weighted by molar-refractivity contribution is 0.503. The standard InChI is InChI=1S/C10H14N2S/c1-3-5-9(4-2)11-6-10-7-13-8-12-10/h1,7-9,11H,4-6H2,2H3. The fraction of sp³-hybridized carbons (Fsp3) is 0.500. The number of hydrogen-bond acceptors (Lipinski definition) is 3. The number of terminal acetylenes is 1. The summed E-state index contributed by atoms with van der Waals surface area (Å²) in [5.74, 6) is 2.67. The molecule has 1 heterocycles. The van der Waals surface area contributed by atoms with Crippen molar-refractivity contribution >= 4 is 11.3 Å². The summed E-state index contributed by atoms with van der Waals surface area (Å²) in [5.41, 5.74) is 2.94. The zero-order chi connectivity index (χ0) is 9.52. The average Bonchev–Trinajstić information content (AvgIpc) is 2.64. The summed E-state index contributed by atoms with van der Waals surface area (Å²) in [4.78, 5) is 4.19. The summed E-state index contributed by atoms with van der Waals surface area (Å²) in [6.07, 6.45) is 7.11. The SMILES string of the molecule is C#CCC(CC)NCc1cscn1. The van der Waals surface area contributed by atoms with Crippen LogP contribution in [0.1, 0.15) is 25.5 Å². The minimum Gasteiger partial charge on any atom is -0.307 e. The molecule has 0 spiro atoms. The van der Waals surface area contributed by atoms with E-state index >= 15 is 0 Å². The fourth-order valence-electron chi connectivity index (χ4n) is 1.08. The minimum atomic E-state index is 0.423. The van der Waals surface area contributed by atoms with Crippen LogP contribution in [0.2, 0.25) is 0 Å². The van der Waals surface area contributed by atoms with Crippen LogP contribution < -0.4 is 5.32 Å². The first-order valence-electron chi connectivity index (χ1n) is 4.40. The average molecular weight is 194 g/mol. The molecule has 70 valence electrons. The van der Waals surface area contributed by atoms with Crippen LogP contribution in [0.15, 0.2) is 10.9 Å². The Labute approximate surface area is 83.4 Å². The van der Waals surface area contributed by atoms with Crippen molar-refractivity contribution in [2.75, 3.05) is 0 Å². The highest BCUT2D eigenvalue weighted by Crippen LogP contribution is 2.02. The van der Waals surface area contributed by atoms with Crippen LogP contribution in [-0.4, -0.2) is 11.0 Å². The first-order valence-corrected chi connectivity index (χ1v) is 5.35. The molecule has 0 saturated heterocycles. The van der Waals surface area contributed by atoms with Gasteiger partial charge < -0.3 is 5.32 Å². The Morgan fingerprint density at radius 2 is 2.62 bits per heavy atom. The van der Waals surface area contributed by atoms with E-state index in [9.17, 15) is 0 Å². The summed E-state index contributed by atoms with van der Waals surface area (Å²) in [5, 5.41) is 5.43. The van der Waals surface area contributed by atoms with E-state index in [0.29, 0.717) is 6.04 Å². The summed E-state index contributed by atoms with van der Waals surface area (Å²) in [6, 6.07) is 0.423. The van der Waals surface area contributed by atoms with Crippen molar-refractivity contribution in [2.45, 2.75) is 32.4 Å². The molecule has 0 radical (unpaired) electrons. The molecule has 1 aromatic heterocycles. The molecule has 0 aromatic carbocycles. The van der Waals surface area contributed by atoms with Crippen molar-refractivity contribution in [1.29, 1.82) is 0 Å². The number of nitrogens with zero attached hydrogens (tertiary/aromatic N) is 1. The lowest BCUT2D eigenvalue weighted by Gasteiger charge is -2.12. The molecule has 2 nitrogen and oxygen atoms in total. The van der Waals surface area contributed by atoms with Crippen molar-refractivity contribution in [1.82, 2.24) is 10.3 Å². The summed E-state index contributed by atoms with van der Waals surface area (Å²) in [7, 11) is 0. The summed E-state index contributed by atoms with van der Waals surface area (Å²) >= 11 is 1.62. The zero-order valence-corrected chi connectivity index (χ0v) is 8.60. The Bertz CT molecular complexity index is 261. The normalized spacial score (nSPS) is 12.3. The van der Waals surface area contributed by atoms with E-state index in [0.717, 1.165) is 25.1 Å². The van der Waals surface area contributed by atoms with Crippen LogP contribution in [0.3, 0.4) is 0 Å². The van der Waals surface area contributed by atoms with Crippen molar-refractivity contribution in [2.24, 2.45) is 0 Å². The molecular formula is C10H14N2S. The Kier molecular flexibility index (Phi) is 4.52. The molecule has 0 aliphatic carbocycles. The van der Waals surface area contributed by atoms with E-state index in [1.165, 1.54) is 0 Å². The Morgan fingerprint density at radius 3 is 3.15 bits per heavy atom. The first kappa shape index (κ1) is 10.2. The highest BCUT2D eigenvalue weighted by molar-refractivity contribution is 7.07. The molecule has 0 aliphatic heterocycles. The molecule has 0 aliphatic rings. The van der Waals surface area contributed by atoms with Crippen molar-refractivity contribution in [3.05, 3.63) is 16.6 Å². The van der Waals surface area contributed by atoms with Gasteiger partial charge in [0, 0.05) is 24.4 Å². The highest BCUT2D eigenvalue weighted by atomic mass is 32.1. The third-order valence-electron chi connectivity index (χ3n) is 1.91. The Hall–Kier alpha value is -0.850. The maximum Gasteiger partial charge on any atom is 0.0795 e. The molecule has 0 bridgehead atoms. The second kappa shape index (κ2) is 5.74. The summed E-state index contributed by atoms with van der Waals surface area (Å²) in [6.45, 7) is 2.96. The molecule has 1 N–H and O–H groups in total. The molecule has 1 atom stereocenters. The maximum atomic E-state index is 5.25. The van der Waals surface area contributed by atoms with Crippen molar-refractivity contribution < 1.29 is 0 Å². The molecule has 1 rings (SSSR count). The third-order valence-corrected chi connectivity index (χ3v) is 2.55. The van der Waals surface area contributed by atoms with E-state index in [2.05, 4.69) is 28.5 Å². The number of nitrogens with one attached hydrogen (secondary N) is 1. The van der Waals surface area contributed by atoms with Gasteiger partial charge >= 0.3 is 0 Å². The van der Waals surface area contributed by atoms with Gasteiger partial charge in [0.2, 0.25) is 0 Å². The molecular weight excluding hydrogens is 180 g/mol. The van der Waals surface area contributed by atoms with Crippen LogP contribution in [0.4, 0.5) is 0 Å². The molecule has 3 heteroatoms. The molecule has 1 unspecified atom stereocenters. The van der Waals surface area contributed by atoms with Crippen LogP contribution >= 0.6 is 11.3 Å². The van der Waals surface area contributed by atoms with Crippen LogP contribution in [0.5, 0.6) is 0 Å². The Morgan fingerprint density at radius 1 is 1.77 bits per heavy atom. The predicted octanol–water partition coefficient (Wildman–Crippen LogP) is 2.03. The summed E-state index contributed by atoms with van der Waals surface area (Å²) < 4.78 is 0. The van der Waals surface area contributed by atoms with Gasteiger partial charge in [-0.3, -0.25) is 0 Å². The predicted molar refractivity (Wildman–Crippen MR) is 56.5 cm³/mol. The van der Waals surface area contributed by atoms with E-state index in [1.807, 2.05) is 5.51 Å². The number of thiazole rings is 1. The first-order chi connectivity index (χ1) is 6.36. The van der Waals surface area contributed by atoms with E-state index in [1.54, 1.807) is 11.3 Å². The van der Waals surface area contributed by atoms with Gasteiger partial charge in [0.1, 0.15) is 0 Å².